The van der Waals surface area contributed by atoms with Crippen LogP contribution in [-0.4, -0.2) is 42.8 Å². The van der Waals surface area contributed by atoms with Crippen molar-refractivity contribution in [2.75, 3.05) is 25.0 Å². The lowest BCUT2D eigenvalue weighted by atomic mass is 10.0. The highest BCUT2D eigenvalue weighted by atomic mass is 19.4. The fraction of sp³-hybridized carbons (Fsp3) is 0.583. The predicted octanol–water partition coefficient (Wildman–Crippen LogP) is 5.09. The number of nitriles is 1. The first-order valence-corrected chi connectivity index (χ1v) is 11.2. The Bertz CT molecular complexity index is 984. The van der Waals surface area contributed by atoms with E-state index in [1.54, 1.807) is 0 Å². The first-order valence-electron chi connectivity index (χ1n) is 11.2. The van der Waals surface area contributed by atoms with E-state index in [1.165, 1.54) is 6.07 Å². The fourth-order valence-corrected chi connectivity index (χ4v) is 3.86. The largest absolute Gasteiger partial charge is 0.462 e. The Morgan fingerprint density at radius 3 is 2.30 bits per heavy atom. The maximum Gasteiger partial charge on any atom is 0.416 e. The number of aromatic nitrogens is 1. The molecule has 0 radical (unpaired) electrons. The molecule has 3 rings (SSSR count). The second-order valence-corrected chi connectivity index (χ2v) is 8.66. The van der Waals surface area contributed by atoms with Crippen molar-refractivity contribution in [2.45, 2.75) is 71.3 Å². The van der Waals surface area contributed by atoms with Crippen molar-refractivity contribution >= 4 is 23.2 Å². The maximum absolute atomic E-state index is 13.1. The summed E-state index contributed by atoms with van der Waals surface area (Å²) in [5.41, 5.74) is -0.0212. The summed E-state index contributed by atoms with van der Waals surface area (Å²) in [5.74, 6) is 0.744. The maximum atomic E-state index is 13.1. The van der Waals surface area contributed by atoms with Gasteiger partial charge in [0.2, 0.25) is 0 Å². The van der Waals surface area contributed by atoms with Gasteiger partial charge in [-0.1, -0.05) is 13.0 Å². The summed E-state index contributed by atoms with van der Waals surface area (Å²) in [6.07, 6.45) is -1.65. The molecule has 33 heavy (non-hydrogen) atoms. The van der Waals surface area contributed by atoms with Gasteiger partial charge in [0.15, 0.2) is 0 Å². The topological polar surface area (TPSA) is 70.3 Å². The van der Waals surface area contributed by atoms with Crippen LogP contribution in [0.5, 0.6) is 0 Å². The first kappa shape index (κ1) is 26.5. The molecule has 0 spiro atoms. The van der Waals surface area contributed by atoms with Crippen molar-refractivity contribution in [1.82, 2.24) is 9.88 Å². The van der Waals surface area contributed by atoms with Gasteiger partial charge in [-0.05, 0) is 59.2 Å². The quantitative estimate of drug-likeness (QED) is 0.601. The minimum absolute atomic E-state index is 0.276. The second kappa shape index (κ2) is 10.9. The minimum atomic E-state index is -4.39. The molecule has 0 bridgehead atoms. The summed E-state index contributed by atoms with van der Waals surface area (Å²) < 4.78 is 45.8. The number of alkyl halides is 3. The highest BCUT2D eigenvalue weighted by molar-refractivity contribution is 5.93. The SMILES string of the molecule is CCC(C)(C)OC=O.CCn1c(N2CCC(NC)CC2)c(C#N)c2ccc(C(F)(F)F)cc21. The number of ether oxygens (including phenoxy) is 1. The number of hydrogen-bond acceptors (Lipinski definition) is 5. The average Bonchev–Trinajstić information content (AvgIpc) is 3.11. The molecule has 0 aliphatic carbocycles. The number of carbonyl (C=O) groups is 1. The van der Waals surface area contributed by atoms with E-state index in [0.29, 0.717) is 35.5 Å². The average molecular weight is 467 g/mol. The Labute approximate surface area is 193 Å². The lowest BCUT2D eigenvalue weighted by molar-refractivity contribution is -0.140. The van der Waals surface area contributed by atoms with E-state index < -0.39 is 11.7 Å². The van der Waals surface area contributed by atoms with Crippen LogP contribution >= 0.6 is 0 Å². The number of anilines is 1. The van der Waals surface area contributed by atoms with Crippen molar-refractivity contribution in [2.24, 2.45) is 0 Å². The number of hydrogen-bond donors (Lipinski definition) is 1. The van der Waals surface area contributed by atoms with Gasteiger partial charge in [-0.15, -0.1) is 0 Å². The summed E-state index contributed by atoms with van der Waals surface area (Å²) >= 11 is 0. The number of nitrogens with zero attached hydrogens (tertiary/aromatic N) is 3. The molecule has 6 nitrogen and oxygen atoms in total. The van der Waals surface area contributed by atoms with Gasteiger partial charge in [0.25, 0.3) is 6.47 Å². The number of benzene rings is 1. The molecule has 0 unspecified atom stereocenters. The van der Waals surface area contributed by atoms with E-state index in [4.69, 9.17) is 4.74 Å². The van der Waals surface area contributed by atoms with Crippen molar-refractivity contribution in [3.8, 4) is 6.07 Å². The highest BCUT2D eigenvalue weighted by Crippen LogP contribution is 2.37. The fourth-order valence-electron chi connectivity index (χ4n) is 3.86. The summed E-state index contributed by atoms with van der Waals surface area (Å²) in [6, 6.07) is 6.29. The van der Waals surface area contributed by atoms with Crippen molar-refractivity contribution in [1.29, 1.82) is 5.26 Å². The number of nitrogens with one attached hydrogen (secondary N) is 1. The summed E-state index contributed by atoms with van der Waals surface area (Å²) in [4.78, 5) is 11.9. The third-order valence-electron chi connectivity index (χ3n) is 6.21. The molecule has 1 aromatic carbocycles. The molecule has 2 heterocycles. The van der Waals surface area contributed by atoms with E-state index in [9.17, 15) is 23.2 Å². The second-order valence-electron chi connectivity index (χ2n) is 8.66. The van der Waals surface area contributed by atoms with Crippen LogP contribution in [0.15, 0.2) is 18.2 Å². The standard InChI is InChI=1S/C18H21F3N4.C6H12O2/c1-3-25-16-10-12(18(19,20)21)4-5-14(16)15(11-22)17(25)24-8-6-13(23-2)7-9-24;1-4-6(2,3)8-5-7/h4-5,10,13,23H,3,6-9H2,1-2H3;5H,4H2,1-3H3. The normalized spacial score (nSPS) is 15.1. The van der Waals surface area contributed by atoms with E-state index >= 15 is 0 Å². The van der Waals surface area contributed by atoms with Crippen LogP contribution in [0.2, 0.25) is 0 Å². The van der Waals surface area contributed by atoms with Gasteiger partial charge < -0.3 is 19.5 Å². The molecule has 1 aliphatic rings. The highest BCUT2D eigenvalue weighted by Gasteiger charge is 2.32. The molecular formula is C24H33F3N4O2. The van der Waals surface area contributed by atoms with Crippen molar-refractivity contribution < 1.29 is 22.7 Å². The van der Waals surface area contributed by atoms with Crippen molar-refractivity contribution in [3.63, 3.8) is 0 Å². The van der Waals surface area contributed by atoms with Gasteiger partial charge in [-0.3, -0.25) is 4.79 Å². The van der Waals surface area contributed by atoms with Crippen LogP contribution in [0.3, 0.4) is 0 Å². The van der Waals surface area contributed by atoms with Crippen LogP contribution in [-0.2, 0) is 22.3 Å². The van der Waals surface area contributed by atoms with Gasteiger partial charge in [0.05, 0.1) is 11.1 Å². The first-order chi connectivity index (χ1) is 15.5. The number of rotatable bonds is 6. The van der Waals surface area contributed by atoms with Crippen LogP contribution < -0.4 is 10.2 Å². The molecule has 2 aromatic rings. The molecule has 1 fully saturated rings. The van der Waals surface area contributed by atoms with Crippen LogP contribution in [0.1, 0.15) is 58.1 Å². The van der Waals surface area contributed by atoms with Gasteiger partial charge in [-0.2, -0.15) is 18.4 Å². The molecule has 1 aromatic heterocycles. The molecule has 0 amide bonds. The molecule has 1 aliphatic heterocycles. The van der Waals surface area contributed by atoms with Gasteiger partial charge in [-0.25, -0.2) is 0 Å². The molecule has 0 saturated carbocycles. The van der Waals surface area contributed by atoms with Gasteiger partial charge >= 0.3 is 6.18 Å². The minimum Gasteiger partial charge on any atom is -0.462 e. The molecule has 0 atom stereocenters. The number of carbonyl (C=O) groups excluding carboxylic acids is 1. The number of aryl methyl sites for hydroxylation is 1. The third kappa shape index (κ3) is 6.20. The molecule has 9 heteroatoms. The summed E-state index contributed by atoms with van der Waals surface area (Å²) in [6.45, 7) is 10.2. The van der Waals surface area contributed by atoms with E-state index in [1.807, 2.05) is 39.3 Å². The van der Waals surface area contributed by atoms with Gasteiger partial charge in [0, 0.05) is 31.1 Å². The number of halogens is 3. The molecule has 1 N–H and O–H groups in total. The molecule has 1 saturated heterocycles. The van der Waals surface area contributed by atoms with Crippen LogP contribution in [0.25, 0.3) is 10.9 Å². The van der Waals surface area contributed by atoms with Gasteiger partial charge in [0.1, 0.15) is 23.1 Å². The van der Waals surface area contributed by atoms with Crippen LogP contribution in [0.4, 0.5) is 19.0 Å². The van der Waals surface area contributed by atoms with E-state index in [2.05, 4.69) is 16.3 Å². The number of fused-ring (bicyclic) bond motifs is 1. The lowest BCUT2D eigenvalue weighted by Gasteiger charge is -2.34. The molecule has 182 valence electrons. The zero-order valence-electron chi connectivity index (χ0n) is 19.9. The Balaban J connectivity index is 0.000000414. The Morgan fingerprint density at radius 1 is 1.24 bits per heavy atom. The Kier molecular flexibility index (Phi) is 8.78. The predicted molar refractivity (Wildman–Crippen MR) is 123 cm³/mol. The lowest BCUT2D eigenvalue weighted by Crippen LogP contribution is -2.42. The number of piperidine rings is 1. The van der Waals surface area contributed by atoms with Crippen molar-refractivity contribution in [3.05, 3.63) is 29.3 Å². The summed E-state index contributed by atoms with van der Waals surface area (Å²) in [5, 5.41) is 13.5. The van der Waals surface area contributed by atoms with Crippen LogP contribution in [0, 0.1) is 11.3 Å². The summed E-state index contributed by atoms with van der Waals surface area (Å²) in [7, 11) is 1.93. The zero-order chi connectivity index (χ0) is 24.8. The Hall–Kier alpha value is -2.73. The third-order valence-corrected chi connectivity index (χ3v) is 6.21. The Morgan fingerprint density at radius 2 is 1.88 bits per heavy atom. The van der Waals surface area contributed by atoms with E-state index in [0.717, 1.165) is 50.3 Å². The van der Waals surface area contributed by atoms with E-state index in [-0.39, 0.29) is 5.60 Å². The molecular weight excluding hydrogens is 433 g/mol. The smallest absolute Gasteiger partial charge is 0.416 e. The monoisotopic (exact) mass is 466 g/mol. The zero-order valence-corrected chi connectivity index (χ0v) is 19.9.